The molecule has 0 unspecified atom stereocenters. The molecule has 2 heterocycles. The van der Waals surface area contributed by atoms with E-state index in [2.05, 4.69) is 34.5 Å². The lowest BCUT2D eigenvalue weighted by atomic mass is 10.1. The SMILES string of the molecule is Cc1ccc(-c2nc3n(n2)CC=CN3)cc1. The van der Waals surface area contributed by atoms with Gasteiger partial charge in [0.2, 0.25) is 5.95 Å². The summed E-state index contributed by atoms with van der Waals surface area (Å²) in [6.07, 6.45) is 3.91. The van der Waals surface area contributed by atoms with Crippen molar-refractivity contribution in [1.82, 2.24) is 14.8 Å². The fraction of sp³-hybridized carbons (Fsp3) is 0.167. The second kappa shape index (κ2) is 3.48. The number of fused-ring (bicyclic) bond motifs is 1. The third-order valence-electron chi connectivity index (χ3n) is 2.59. The highest BCUT2D eigenvalue weighted by atomic mass is 15.4. The lowest BCUT2D eigenvalue weighted by Crippen LogP contribution is -2.08. The van der Waals surface area contributed by atoms with E-state index in [1.165, 1.54) is 5.56 Å². The molecule has 2 aromatic rings. The van der Waals surface area contributed by atoms with Crippen LogP contribution in [0.15, 0.2) is 36.5 Å². The summed E-state index contributed by atoms with van der Waals surface area (Å²) < 4.78 is 1.86. The van der Waals surface area contributed by atoms with Crippen molar-refractivity contribution in [3.63, 3.8) is 0 Å². The van der Waals surface area contributed by atoms with Crippen molar-refractivity contribution in [2.45, 2.75) is 13.5 Å². The maximum atomic E-state index is 4.44. The van der Waals surface area contributed by atoms with Crippen molar-refractivity contribution >= 4 is 5.95 Å². The van der Waals surface area contributed by atoms with Crippen molar-refractivity contribution in [2.75, 3.05) is 5.32 Å². The maximum absolute atomic E-state index is 4.44. The number of nitrogens with one attached hydrogen (secondary N) is 1. The first-order valence-electron chi connectivity index (χ1n) is 5.26. The van der Waals surface area contributed by atoms with E-state index in [-0.39, 0.29) is 0 Å². The number of hydrogen-bond acceptors (Lipinski definition) is 3. The van der Waals surface area contributed by atoms with Crippen LogP contribution in [0.2, 0.25) is 0 Å². The number of aromatic nitrogens is 3. The fourth-order valence-electron chi connectivity index (χ4n) is 1.69. The van der Waals surface area contributed by atoms with Crippen molar-refractivity contribution in [3.05, 3.63) is 42.1 Å². The molecule has 0 amide bonds. The molecule has 1 aliphatic heterocycles. The number of benzene rings is 1. The Labute approximate surface area is 93.6 Å². The zero-order chi connectivity index (χ0) is 11.0. The summed E-state index contributed by atoms with van der Waals surface area (Å²) in [5.74, 6) is 1.57. The van der Waals surface area contributed by atoms with Crippen LogP contribution >= 0.6 is 0 Å². The Morgan fingerprint density at radius 2 is 2.06 bits per heavy atom. The van der Waals surface area contributed by atoms with E-state index in [1.54, 1.807) is 0 Å². The minimum atomic E-state index is 0.770. The van der Waals surface area contributed by atoms with Gasteiger partial charge >= 0.3 is 0 Å². The molecule has 0 bridgehead atoms. The van der Waals surface area contributed by atoms with Gasteiger partial charge in [-0.3, -0.25) is 0 Å². The van der Waals surface area contributed by atoms with Crippen LogP contribution in [0.25, 0.3) is 11.4 Å². The summed E-state index contributed by atoms with van der Waals surface area (Å²) >= 11 is 0. The largest absolute Gasteiger partial charge is 0.331 e. The Morgan fingerprint density at radius 1 is 1.25 bits per heavy atom. The Kier molecular flexibility index (Phi) is 1.99. The van der Waals surface area contributed by atoms with Crippen LogP contribution in [0.1, 0.15) is 5.56 Å². The molecular weight excluding hydrogens is 200 g/mol. The van der Waals surface area contributed by atoms with Gasteiger partial charge in [0.25, 0.3) is 0 Å². The smallest absolute Gasteiger partial charge is 0.226 e. The van der Waals surface area contributed by atoms with Crippen molar-refractivity contribution in [1.29, 1.82) is 0 Å². The standard InChI is InChI=1S/C12H12N4/c1-9-3-5-10(6-4-9)11-14-12-13-7-2-8-16(12)15-11/h2-7H,8H2,1H3,(H,13,14,15). The average molecular weight is 212 g/mol. The number of nitrogens with zero attached hydrogens (tertiary/aromatic N) is 3. The zero-order valence-electron chi connectivity index (χ0n) is 9.01. The molecule has 3 rings (SSSR count). The third-order valence-corrected chi connectivity index (χ3v) is 2.59. The van der Waals surface area contributed by atoms with Crippen LogP contribution in [-0.2, 0) is 6.54 Å². The van der Waals surface area contributed by atoms with E-state index in [0.29, 0.717) is 0 Å². The van der Waals surface area contributed by atoms with Gasteiger partial charge in [-0.05, 0) is 13.0 Å². The summed E-state index contributed by atoms with van der Waals surface area (Å²) in [7, 11) is 0. The first-order valence-corrected chi connectivity index (χ1v) is 5.26. The number of aryl methyl sites for hydroxylation is 1. The molecule has 4 nitrogen and oxygen atoms in total. The number of rotatable bonds is 1. The predicted molar refractivity (Wildman–Crippen MR) is 63.0 cm³/mol. The Bertz CT molecular complexity index is 511. The summed E-state index contributed by atoms with van der Waals surface area (Å²) in [6.45, 7) is 2.85. The number of allylic oxidation sites excluding steroid dienone is 1. The van der Waals surface area contributed by atoms with Crippen molar-refractivity contribution in [2.24, 2.45) is 0 Å². The van der Waals surface area contributed by atoms with Crippen LogP contribution in [0.5, 0.6) is 0 Å². The third kappa shape index (κ3) is 1.48. The van der Waals surface area contributed by atoms with E-state index in [9.17, 15) is 0 Å². The van der Waals surface area contributed by atoms with Crippen LogP contribution in [0.4, 0.5) is 5.95 Å². The molecule has 0 spiro atoms. The van der Waals surface area contributed by atoms with Crippen LogP contribution in [0, 0.1) is 6.92 Å². The summed E-state index contributed by atoms with van der Waals surface area (Å²) in [5, 5.41) is 7.52. The zero-order valence-corrected chi connectivity index (χ0v) is 9.01. The van der Waals surface area contributed by atoms with Gasteiger partial charge in [0.1, 0.15) is 0 Å². The molecular formula is C12H12N4. The molecule has 1 N–H and O–H groups in total. The predicted octanol–water partition coefficient (Wildman–Crippen LogP) is 2.19. The highest BCUT2D eigenvalue weighted by molar-refractivity contribution is 5.57. The van der Waals surface area contributed by atoms with Gasteiger partial charge in [-0.1, -0.05) is 29.8 Å². The molecule has 0 aliphatic carbocycles. The van der Waals surface area contributed by atoms with E-state index < -0.39 is 0 Å². The first kappa shape index (κ1) is 9.15. The Hall–Kier alpha value is -2.10. The number of hydrogen-bond donors (Lipinski definition) is 1. The fourth-order valence-corrected chi connectivity index (χ4v) is 1.69. The van der Waals surface area contributed by atoms with Gasteiger partial charge in [-0.2, -0.15) is 4.98 Å². The van der Waals surface area contributed by atoms with Gasteiger partial charge in [-0.25, -0.2) is 4.68 Å². The number of anilines is 1. The first-order chi connectivity index (χ1) is 7.83. The molecule has 0 atom stereocenters. The summed E-state index contributed by atoms with van der Waals surface area (Å²) in [5.41, 5.74) is 2.29. The molecule has 1 aromatic heterocycles. The van der Waals surface area contributed by atoms with Gasteiger partial charge in [0.15, 0.2) is 5.82 Å². The van der Waals surface area contributed by atoms with Gasteiger partial charge < -0.3 is 5.32 Å². The normalized spacial score (nSPS) is 13.3. The van der Waals surface area contributed by atoms with Crippen molar-refractivity contribution in [3.8, 4) is 11.4 Å². The minimum Gasteiger partial charge on any atom is -0.331 e. The maximum Gasteiger partial charge on any atom is 0.226 e. The van der Waals surface area contributed by atoms with Crippen LogP contribution < -0.4 is 5.32 Å². The van der Waals surface area contributed by atoms with Crippen LogP contribution in [0.3, 0.4) is 0 Å². The lowest BCUT2D eigenvalue weighted by molar-refractivity contribution is 0.701. The average Bonchev–Trinajstić information content (AvgIpc) is 2.73. The molecule has 4 heteroatoms. The van der Waals surface area contributed by atoms with E-state index in [4.69, 9.17) is 0 Å². The topological polar surface area (TPSA) is 42.7 Å². The van der Waals surface area contributed by atoms with Gasteiger partial charge in [-0.15, -0.1) is 5.10 Å². The van der Waals surface area contributed by atoms with Gasteiger partial charge in [0, 0.05) is 11.8 Å². The molecule has 0 saturated heterocycles. The lowest BCUT2D eigenvalue weighted by Gasteiger charge is -2.05. The minimum absolute atomic E-state index is 0.770. The summed E-state index contributed by atoms with van der Waals surface area (Å²) in [4.78, 5) is 4.44. The molecule has 1 aliphatic rings. The second-order valence-corrected chi connectivity index (χ2v) is 3.85. The monoisotopic (exact) mass is 212 g/mol. The molecule has 0 radical (unpaired) electrons. The Balaban J connectivity index is 2.01. The summed E-state index contributed by atoms with van der Waals surface area (Å²) in [6, 6.07) is 8.23. The quantitative estimate of drug-likeness (QED) is 0.788. The Morgan fingerprint density at radius 3 is 2.81 bits per heavy atom. The molecule has 80 valence electrons. The highest BCUT2D eigenvalue weighted by Gasteiger charge is 2.11. The highest BCUT2D eigenvalue weighted by Crippen LogP contribution is 2.19. The molecule has 0 saturated carbocycles. The van der Waals surface area contributed by atoms with Gasteiger partial charge in [0.05, 0.1) is 6.54 Å². The van der Waals surface area contributed by atoms with E-state index in [1.807, 2.05) is 29.1 Å². The van der Waals surface area contributed by atoms with Crippen molar-refractivity contribution < 1.29 is 0 Å². The molecule has 1 aromatic carbocycles. The molecule has 0 fully saturated rings. The van der Waals surface area contributed by atoms with Crippen LogP contribution in [-0.4, -0.2) is 14.8 Å². The van der Waals surface area contributed by atoms with E-state index in [0.717, 1.165) is 23.9 Å². The van der Waals surface area contributed by atoms with E-state index >= 15 is 0 Å². The second-order valence-electron chi connectivity index (χ2n) is 3.85. The molecule has 16 heavy (non-hydrogen) atoms.